The summed E-state index contributed by atoms with van der Waals surface area (Å²) < 4.78 is 18.9. The zero-order valence-electron chi connectivity index (χ0n) is 37.1. The Kier molecular flexibility index (Phi) is 11.9. The van der Waals surface area contributed by atoms with Gasteiger partial charge in [0.2, 0.25) is 5.95 Å². The number of nitrogens with two attached hydrogens (primary N) is 1. The molecule has 2 N–H and O–H groups in total. The normalized spacial score (nSPS) is 14.3. The Morgan fingerprint density at radius 3 is 2.06 bits per heavy atom. The van der Waals surface area contributed by atoms with E-state index in [-0.39, 0.29) is 17.3 Å². The summed E-state index contributed by atoms with van der Waals surface area (Å²) in [5.74, 6) is 4.15. The van der Waals surface area contributed by atoms with Gasteiger partial charge >= 0.3 is 0 Å². The monoisotopic (exact) mass is 883 g/mol. The summed E-state index contributed by atoms with van der Waals surface area (Å²) in [6, 6.07) is 29.1. The topological polar surface area (TPSA) is 182 Å². The van der Waals surface area contributed by atoms with Gasteiger partial charge in [-0.25, -0.2) is 15.0 Å². The van der Waals surface area contributed by atoms with Crippen molar-refractivity contribution in [1.82, 2.24) is 50.0 Å². The highest BCUT2D eigenvalue weighted by Gasteiger charge is 2.47. The first kappa shape index (κ1) is 42.9. The van der Waals surface area contributed by atoms with Crippen LogP contribution in [0.15, 0.2) is 137 Å². The second kappa shape index (κ2) is 18.0. The van der Waals surface area contributed by atoms with Crippen LogP contribution in [-0.4, -0.2) is 50.0 Å². The third-order valence-corrected chi connectivity index (χ3v) is 13.4. The molecule has 3 aromatic carbocycles. The van der Waals surface area contributed by atoms with Crippen LogP contribution < -0.4 is 10.5 Å². The summed E-state index contributed by atoms with van der Waals surface area (Å²) in [6.07, 6.45) is 13.0. The number of thiazole rings is 1. The van der Waals surface area contributed by atoms with Crippen LogP contribution in [0.2, 0.25) is 0 Å². The number of ether oxygens (including phenoxy) is 1. The predicted octanol–water partition coefficient (Wildman–Crippen LogP) is 10.3. The Morgan fingerprint density at radius 2 is 1.42 bits per heavy atom. The summed E-state index contributed by atoms with van der Waals surface area (Å²) in [4.78, 5) is 27.2. The van der Waals surface area contributed by atoms with Crippen molar-refractivity contribution in [3.05, 3.63) is 162 Å². The first-order chi connectivity index (χ1) is 31.5. The van der Waals surface area contributed by atoms with Gasteiger partial charge < -0.3 is 19.5 Å². The van der Waals surface area contributed by atoms with Gasteiger partial charge in [-0.2, -0.15) is 15.1 Å². The Hall–Kier alpha value is -7.39. The molecule has 9 aromatic rings. The number of nitrogen functional groups attached to an aromatic ring is 1. The smallest absolute Gasteiger partial charge is 0.269 e. The van der Waals surface area contributed by atoms with Crippen LogP contribution >= 0.6 is 11.3 Å². The third kappa shape index (κ3) is 8.92. The van der Waals surface area contributed by atoms with Crippen LogP contribution in [0.1, 0.15) is 74.6 Å². The second-order valence-corrected chi connectivity index (χ2v) is 17.9. The molecule has 0 bridgehead atoms. The predicted molar refractivity (Wildman–Crippen MR) is 249 cm³/mol. The van der Waals surface area contributed by atoms with Crippen LogP contribution in [0.4, 0.5) is 5.95 Å². The maximum absolute atomic E-state index is 5.97. The van der Waals surface area contributed by atoms with Crippen molar-refractivity contribution in [2.45, 2.75) is 64.9 Å². The molecule has 0 radical (unpaired) electrons. The second-order valence-electron chi connectivity index (χ2n) is 17.0. The molecule has 1 saturated carbocycles. The summed E-state index contributed by atoms with van der Waals surface area (Å²) in [5.41, 5.74) is 15.8. The van der Waals surface area contributed by atoms with Gasteiger partial charge in [-0.15, -0.1) is 11.3 Å². The van der Waals surface area contributed by atoms with Gasteiger partial charge in [-0.3, -0.25) is 9.67 Å². The molecule has 0 saturated heterocycles. The number of anilines is 1. The third-order valence-electron chi connectivity index (χ3n) is 12.5. The molecule has 2 unspecified atom stereocenters. The molecule has 6 aromatic heterocycles. The number of hydrogen-bond acceptors (Lipinski definition) is 14. The van der Waals surface area contributed by atoms with Crippen LogP contribution in [0.3, 0.4) is 0 Å². The number of nitrogens with zero attached hydrogens (tertiary/aromatic N) is 10. The highest BCUT2D eigenvalue weighted by atomic mass is 32.1. The fraction of sp³-hybridized carbons (Fsp3) is 0.260. The lowest BCUT2D eigenvalue weighted by molar-refractivity contribution is 0.305. The summed E-state index contributed by atoms with van der Waals surface area (Å²) in [6.45, 7) is 11.1. The van der Waals surface area contributed by atoms with E-state index in [4.69, 9.17) is 29.5 Å². The molecule has 10 rings (SSSR count). The van der Waals surface area contributed by atoms with Gasteiger partial charge in [0.1, 0.15) is 17.2 Å². The summed E-state index contributed by atoms with van der Waals surface area (Å²) in [7, 11) is 1.87. The van der Waals surface area contributed by atoms with E-state index in [1.807, 2.05) is 50.6 Å². The number of aromatic nitrogens is 10. The van der Waals surface area contributed by atoms with Crippen molar-refractivity contribution in [3.63, 3.8) is 0 Å². The molecule has 65 heavy (non-hydrogen) atoms. The Labute approximate surface area is 381 Å². The molecule has 0 amide bonds. The average Bonchev–Trinajstić information content (AvgIpc) is 3.68. The molecule has 0 spiro atoms. The Bertz CT molecular complexity index is 2990. The van der Waals surface area contributed by atoms with Crippen LogP contribution in [0, 0.1) is 18.8 Å². The molecular weight excluding hydrogens is 835 g/mol. The number of hydrogen-bond donors (Lipinski definition) is 1. The SMILES string of the molecule is Cc1ncsc1-c1nc(C(C)(c2ccc(-c3cnc(N)nc3)cc2)C(C)C)no1.Cn1cc(-c2nc(C(C)(c3ccc(-c4cncc(OCc5ccccc5)c4)cc3)C3CC3)no2)cn1. The number of pyridine rings is 1. The van der Waals surface area contributed by atoms with Gasteiger partial charge in [-0.05, 0) is 79.3 Å². The largest absolute Gasteiger partial charge is 0.487 e. The zero-order valence-corrected chi connectivity index (χ0v) is 37.9. The van der Waals surface area contributed by atoms with Crippen molar-refractivity contribution in [3.8, 4) is 50.2 Å². The quantitative estimate of drug-likeness (QED) is 0.116. The lowest BCUT2D eigenvalue weighted by atomic mass is 9.72. The van der Waals surface area contributed by atoms with Gasteiger partial charge in [0, 0.05) is 43.0 Å². The molecule has 1 aliphatic rings. The fourth-order valence-corrected chi connectivity index (χ4v) is 8.67. The Morgan fingerprint density at radius 1 is 0.754 bits per heavy atom. The minimum Gasteiger partial charge on any atom is -0.487 e. The van der Waals surface area contributed by atoms with Crippen LogP contribution in [0.25, 0.3) is 44.5 Å². The maximum Gasteiger partial charge on any atom is 0.269 e. The van der Waals surface area contributed by atoms with E-state index in [0.717, 1.165) is 73.9 Å². The molecule has 1 aliphatic carbocycles. The van der Waals surface area contributed by atoms with E-state index in [2.05, 4.69) is 124 Å². The van der Waals surface area contributed by atoms with E-state index in [1.54, 1.807) is 35.0 Å². The zero-order chi connectivity index (χ0) is 45.1. The van der Waals surface area contributed by atoms with Crippen molar-refractivity contribution in [1.29, 1.82) is 0 Å². The van der Waals surface area contributed by atoms with Gasteiger partial charge in [0.25, 0.3) is 11.8 Å². The molecule has 2 atom stereocenters. The highest BCUT2D eigenvalue weighted by Crippen LogP contribution is 2.51. The van der Waals surface area contributed by atoms with Crippen molar-refractivity contribution >= 4 is 17.3 Å². The van der Waals surface area contributed by atoms with Crippen molar-refractivity contribution < 1.29 is 13.8 Å². The summed E-state index contributed by atoms with van der Waals surface area (Å²) in [5, 5.41) is 12.9. The average molecular weight is 884 g/mol. The van der Waals surface area contributed by atoms with E-state index in [9.17, 15) is 0 Å². The first-order valence-electron chi connectivity index (χ1n) is 21.5. The van der Waals surface area contributed by atoms with Crippen molar-refractivity contribution in [2.75, 3.05) is 5.73 Å². The number of aryl methyl sites for hydroxylation is 2. The van der Waals surface area contributed by atoms with E-state index < -0.39 is 5.41 Å². The molecule has 0 aliphatic heterocycles. The molecule has 15 heteroatoms. The van der Waals surface area contributed by atoms with Gasteiger partial charge in [-0.1, -0.05) is 103 Å². The van der Waals surface area contributed by atoms with E-state index in [0.29, 0.717) is 30.1 Å². The minimum absolute atomic E-state index is 0.251. The number of benzene rings is 3. The van der Waals surface area contributed by atoms with Gasteiger partial charge in [0.15, 0.2) is 11.6 Å². The lowest BCUT2D eigenvalue weighted by Gasteiger charge is -2.31. The highest BCUT2D eigenvalue weighted by molar-refractivity contribution is 7.13. The van der Waals surface area contributed by atoms with Crippen LogP contribution in [-0.2, 0) is 24.5 Å². The summed E-state index contributed by atoms with van der Waals surface area (Å²) >= 11 is 1.50. The van der Waals surface area contributed by atoms with Crippen LogP contribution in [0.5, 0.6) is 5.75 Å². The molecule has 1 fully saturated rings. The van der Waals surface area contributed by atoms with Crippen molar-refractivity contribution in [2.24, 2.45) is 18.9 Å². The standard InChI is InChI=1S/C29H27N5O2.C21H22N6OS/c1-29(25-12-13-25,28-32-27(36-33-28)23-16-31-34(2)18-23)24-10-8-21(9-11-24)22-14-26(17-30-15-22)35-19-20-6-4-3-5-7-20;1-12(2)21(4,19-26-18(28-27-19)17-13(3)25-11-29-17)16-7-5-14(6-8-16)15-9-23-20(22)24-10-15/h3-11,14-18,25H,12-13,19H2,1-2H3;5-12H,1-4H3,(H2,22,23,24). The molecule has 328 valence electrons. The van der Waals surface area contributed by atoms with Gasteiger partial charge in [0.05, 0.1) is 40.0 Å². The maximum atomic E-state index is 5.97. The fourth-order valence-electron chi connectivity index (χ4n) is 7.95. The minimum atomic E-state index is -0.406. The number of rotatable bonds is 13. The Balaban J connectivity index is 0.000000168. The lowest BCUT2D eigenvalue weighted by Crippen LogP contribution is -2.31. The molecule has 14 nitrogen and oxygen atoms in total. The first-order valence-corrected chi connectivity index (χ1v) is 22.4. The van der Waals surface area contributed by atoms with E-state index >= 15 is 0 Å². The van der Waals surface area contributed by atoms with E-state index in [1.165, 1.54) is 16.9 Å². The molecular formula is C50H49N11O3S. The molecule has 6 heterocycles.